The number of carbonyl (C=O) groups excluding carboxylic acids is 1. The number of amides is 1. The van der Waals surface area contributed by atoms with Crippen LogP contribution in [0.2, 0.25) is 0 Å². The van der Waals surface area contributed by atoms with Crippen molar-refractivity contribution in [2.75, 3.05) is 24.3 Å². The van der Waals surface area contributed by atoms with Crippen molar-refractivity contribution >= 4 is 23.4 Å². The van der Waals surface area contributed by atoms with Gasteiger partial charge in [-0.25, -0.2) is 0 Å². The number of aryl methyl sites for hydroxylation is 2. The lowest BCUT2D eigenvalue weighted by atomic mass is 10.2. The van der Waals surface area contributed by atoms with Gasteiger partial charge in [-0.05, 0) is 24.9 Å². The first kappa shape index (κ1) is 13.9. The standard InChI is InChI=1S/C11H20N4OS/c1-4-8-9(12)10(15(2)14-8)11(16)13-6-5-7-17-3/h4-7,12H2,1-3H3,(H,13,16). The number of nitrogen functional groups attached to an aromatic ring is 1. The molecule has 0 aromatic carbocycles. The molecule has 0 atom stereocenters. The monoisotopic (exact) mass is 256 g/mol. The van der Waals surface area contributed by atoms with Crippen molar-refractivity contribution in [3.63, 3.8) is 0 Å². The second kappa shape index (κ2) is 6.54. The molecule has 96 valence electrons. The van der Waals surface area contributed by atoms with Gasteiger partial charge in [0.2, 0.25) is 0 Å². The molecule has 6 heteroatoms. The molecule has 1 heterocycles. The van der Waals surface area contributed by atoms with Crippen LogP contribution < -0.4 is 11.1 Å². The molecule has 0 bridgehead atoms. The van der Waals surface area contributed by atoms with Crippen LogP contribution >= 0.6 is 11.8 Å². The molecular formula is C11H20N4OS. The number of aromatic nitrogens is 2. The van der Waals surface area contributed by atoms with Crippen molar-refractivity contribution in [1.82, 2.24) is 15.1 Å². The number of rotatable bonds is 6. The van der Waals surface area contributed by atoms with E-state index < -0.39 is 0 Å². The van der Waals surface area contributed by atoms with E-state index in [0.29, 0.717) is 17.9 Å². The molecule has 0 fully saturated rings. The van der Waals surface area contributed by atoms with Crippen LogP contribution in [0.25, 0.3) is 0 Å². The summed E-state index contributed by atoms with van der Waals surface area (Å²) in [5.41, 5.74) is 7.64. The van der Waals surface area contributed by atoms with Crippen molar-refractivity contribution < 1.29 is 4.79 Å². The molecule has 1 amide bonds. The number of thioether (sulfide) groups is 1. The van der Waals surface area contributed by atoms with E-state index in [-0.39, 0.29) is 5.91 Å². The molecule has 0 saturated heterocycles. The van der Waals surface area contributed by atoms with Crippen LogP contribution in [0.5, 0.6) is 0 Å². The van der Waals surface area contributed by atoms with Gasteiger partial charge in [0.25, 0.3) is 5.91 Å². The average molecular weight is 256 g/mol. The first-order valence-electron chi connectivity index (χ1n) is 5.70. The number of hydrogen-bond acceptors (Lipinski definition) is 4. The fourth-order valence-electron chi connectivity index (χ4n) is 1.63. The highest BCUT2D eigenvalue weighted by molar-refractivity contribution is 7.98. The maximum absolute atomic E-state index is 11.9. The lowest BCUT2D eigenvalue weighted by Gasteiger charge is -2.05. The molecule has 0 spiro atoms. The fourth-order valence-corrected chi connectivity index (χ4v) is 2.06. The van der Waals surface area contributed by atoms with Gasteiger partial charge in [-0.2, -0.15) is 16.9 Å². The Morgan fingerprint density at radius 1 is 1.59 bits per heavy atom. The van der Waals surface area contributed by atoms with E-state index >= 15 is 0 Å². The first-order chi connectivity index (χ1) is 8.11. The van der Waals surface area contributed by atoms with Crippen LogP contribution in [0.3, 0.4) is 0 Å². The smallest absolute Gasteiger partial charge is 0.271 e. The van der Waals surface area contributed by atoms with Crippen LogP contribution in [-0.2, 0) is 13.5 Å². The maximum Gasteiger partial charge on any atom is 0.271 e. The molecule has 0 aliphatic carbocycles. The second-order valence-electron chi connectivity index (χ2n) is 3.79. The third-order valence-electron chi connectivity index (χ3n) is 2.52. The Kier molecular flexibility index (Phi) is 5.34. The Bertz CT molecular complexity index is 389. The largest absolute Gasteiger partial charge is 0.395 e. The zero-order valence-corrected chi connectivity index (χ0v) is 11.4. The summed E-state index contributed by atoms with van der Waals surface area (Å²) in [4.78, 5) is 11.9. The quantitative estimate of drug-likeness (QED) is 0.746. The van der Waals surface area contributed by atoms with E-state index in [1.807, 2.05) is 6.92 Å². The van der Waals surface area contributed by atoms with Gasteiger partial charge in [0.05, 0.1) is 11.4 Å². The molecule has 5 nitrogen and oxygen atoms in total. The van der Waals surface area contributed by atoms with E-state index in [0.717, 1.165) is 24.3 Å². The second-order valence-corrected chi connectivity index (χ2v) is 4.77. The van der Waals surface area contributed by atoms with E-state index in [1.54, 1.807) is 23.5 Å². The fraction of sp³-hybridized carbons (Fsp3) is 0.636. The number of anilines is 1. The van der Waals surface area contributed by atoms with Crippen molar-refractivity contribution in [2.45, 2.75) is 19.8 Å². The van der Waals surface area contributed by atoms with Gasteiger partial charge in [0.1, 0.15) is 5.69 Å². The third kappa shape index (κ3) is 3.39. The summed E-state index contributed by atoms with van der Waals surface area (Å²) in [7, 11) is 1.74. The predicted octanol–water partition coefficient (Wildman–Crippen LogP) is 1.05. The number of nitrogens with zero attached hydrogens (tertiary/aromatic N) is 2. The van der Waals surface area contributed by atoms with E-state index in [2.05, 4.69) is 16.7 Å². The summed E-state index contributed by atoms with van der Waals surface area (Å²) in [6.45, 7) is 2.64. The molecule has 1 rings (SSSR count). The Morgan fingerprint density at radius 3 is 2.82 bits per heavy atom. The number of nitrogens with one attached hydrogen (secondary N) is 1. The SMILES string of the molecule is CCc1nn(C)c(C(=O)NCCCSC)c1N. The van der Waals surface area contributed by atoms with Crippen LogP contribution in [0.4, 0.5) is 5.69 Å². The predicted molar refractivity (Wildman–Crippen MR) is 72.3 cm³/mol. The minimum absolute atomic E-state index is 0.140. The summed E-state index contributed by atoms with van der Waals surface area (Å²) in [5.74, 6) is 0.903. The molecule has 0 aliphatic heterocycles. The van der Waals surface area contributed by atoms with Gasteiger partial charge in [-0.3, -0.25) is 9.48 Å². The average Bonchev–Trinajstić information content (AvgIpc) is 2.59. The highest BCUT2D eigenvalue weighted by Gasteiger charge is 2.18. The molecule has 1 aromatic rings. The molecule has 0 unspecified atom stereocenters. The van der Waals surface area contributed by atoms with Gasteiger partial charge in [0.15, 0.2) is 0 Å². The molecular weight excluding hydrogens is 236 g/mol. The van der Waals surface area contributed by atoms with Crippen LogP contribution in [0, 0.1) is 0 Å². The highest BCUT2D eigenvalue weighted by Crippen LogP contribution is 2.16. The molecule has 17 heavy (non-hydrogen) atoms. The van der Waals surface area contributed by atoms with Gasteiger partial charge in [-0.1, -0.05) is 6.92 Å². The van der Waals surface area contributed by atoms with Crippen LogP contribution in [0.15, 0.2) is 0 Å². The molecule has 0 saturated carbocycles. The van der Waals surface area contributed by atoms with E-state index in [1.165, 1.54) is 0 Å². The van der Waals surface area contributed by atoms with Gasteiger partial charge in [-0.15, -0.1) is 0 Å². The number of nitrogens with two attached hydrogens (primary N) is 1. The van der Waals surface area contributed by atoms with Crippen molar-refractivity contribution in [3.8, 4) is 0 Å². The molecule has 1 aromatic heterocycles. The highest BCUT2D eigenvalue weighted by atomic mass is 32.2. The zero-order chi connectivity index (χ0) is 12.8. The van der Waals surface area contributed by atoms with Crippen LogP contribution in [0.1, 0.15) is 29.5 Å². The molecule has 0 aliphatic rings. The molecule has 0 radical (unpaired) electrons. The van der Waals surface area contributed by atoms with Crippen molar-refractivity contribution in [2.24, 2.45) is 7.05 Å². The summed E-state index contributed by atoms with van der Waals surface area (Å²) < 4.78 is 1.55. The van der Waals surface area contributed by atoms with E-state index in [4.69, 9.17) is 5.73 Å². The minimum atomic E-state index is -0.140. The number of carbonyl (C=O) groups is 1. The Hall–Kier alpha value is -1.17. The topological polar surface area (TPSA) is 72.9 Å². The summed E-state index contributed by atoms with van der Waals surface area (Å²) in [5, 5.41) is 7.08. The van der Waals surface area contributed by atoms with Gasteiger partial charge in [0, 0.05) is 13.6 Å². The summed E-state index contributed by atoms with van der Waals surface area (Å²) >= 11 is 1.77. The zero-order valence-electron chi connectivity index (χ0n) is 10.6. The lowest BCUT2D eigenvalue weighted by molar-refractivity contribution is 0.0945. The maximum atomic E-state index is 11.9. The van der Waals surface area contributed by atoms with Crippen molar-refractivity contribution in [1.29, 1.82) is 0 Å². The Balaban J connectivity index is 2.65. The van der Waals surface area contributed by atoms with Gasteiger partial charge >= 0.3 is 0 Å². The van der Waals surface area contributed by atoms with Crippen LogP contribution in [-0.4, -0.2) is 34.2 Å². The third-order valence-corrected chi connectivity index (χ3v) is 3.22. The first-order valence-corrected chi connectivity index (χ1v) is 7.09. The Morgan fingerprint density at radius 2 is 2.29 bits per heavy atom. The minimum Gasteiger partial charge on any atom is -0.395 e. The van der Waals surface area contributed by atoms with E-state index in [9.17, 15) is 4.79 Å². The molecule has 3 N–H and O–H groups in total. The Labute approximate surface area is 106 Å². The van der Waals surface area contributed by atoms with Crippen molar-refractivity contribution in [3.05, 3.63) is 11.4 Å². The number of hydrogen-bond donors (Lipinski definition) is 2. The van der Waals surface area contributed by atoms with Gasteiger partial charge < -0.3 is 11.1 Å². The normalized spacial score (nSPS) is 10.5. The summed E-state index contributed by atoms with van der Waals surface area (Å²) in [6, 6.07) is 0. The lowest BCUT2D eigenvalue weighted by Crippen LogP contribution is -2.27. The summed E-state index contributed by atoms with van der Waals surface area (Å²) in [6.07, 6.45) is 3.75.